The monoisotopic (exact) mass is 476 g/mol. The summed E-state index contributed by atoms with van der Waals surface area (Å²) in [6.07, 6.45) is 4.56. The van der Waals surface area contributed by atoms with Gasteiger partial charge in [-0.25, -0.2) is 9.59 Å². The van der Waals surface area contributed by atoms with E-state index in [1.807, 2.05) is 24.3 Å². The Hall–Kier alpha value is -3.35. The number of hydrogen-bond acceptors (Lipinski definition) is 4. The summed E-state index contributed by atoms with van der Waals surface area (Å²) in [6.45, 7) is 0.750. The maximum Gasteiger partial charge on any atom is 0.407 e. The maximum atomic E-state index is 13.2. The lowest BCUT2D eigenvalue weighted by Gasteiger charge is -2.37. The van der Waals surface area contributed by atoms with Gasteiger partial charge >= 0.3 is 12.1 Å². The van der Waals surface area contributed by atoms with Gasteiger partial charge in [-0.3, -0.25) is 4.79 Å². The molecule has 3 aliphatic rings. The number of ether oxygens (including phenoxy) is 1. The molecule has 2 aromatic rings. The van der Waals surface area contributed by atoms with E-state index < -0.39 is 18.1 Å². The minimum absolute atomic E-state index is 0.000820. The Morgan fingerprint density at radius 2 is 1.60 bits per heavy atom. The first-order valence-electron chi connectivity index (χ1n) is 12.7. The van der Waals surface area contributed by atoms with Gasteiger partial charge in [-0.1, -0.05) is 55.0 Å². The van der Waals surface area contributed by atoms with Crippen LogP contribution >= 0.6 is 0 Å². The zero-order valence-electron chi connectivity index (χ0n) is 19.8. The van der Waals surface area contributed by atoms with E-state index in [1.165, 1.54) is 22.3 Å². The van der Waals surface area contributed by atoms with Crippen LogP contribution in [0.15, 0.2) is 48.5 Å². The number of alkyl carbamates (subject to hydrolysis) is 1. The third-order valence-corrected chi connectivity index (χ3v) is 7.76. The number of piperidine rings is 1. The molecule has 2 unspecified atom stereocenters. The minimum atomic E-state index is -0.929. The van der Waals surface area contributed by atoms with Crippen molar-refractivity contribution in [1.29, 1.82) is 0 Å². The molecule has 2 amide bonds. The van der Waals surface area contributed by atoms with Gasteiger partial charge in [0.05, 0.1) is 0 Å². The van der Waals surface area contributed by atoms with Gasteiger partial charge in [0.1, 0.15) is 12.6 Å². The number of likely N-dealkylation sites (tertiary alicyclic amines) is 1. The SMILES string of the molecule is O=C(NC1CCCC(C(=O)N2CCCC[C@H]2C(=O)O)C1)OCC1c2ccccc2-c2ccccc21. The molecule has 2 N–H and O–H groups in total. The first-order chi connectivity index (χ1) is 17.0. The molecule has 1 heterocycles. The van der Waals surface area contributed by atoms with Crippen molar-refractivity contribution in [3.63, 3.8) is 0 Å². The normalized spacial score (nSPS) is 23.8. The number of carboxylic acid groups (broad SMARTS) is 1. The molecule has 0 aromatic heterocycles. The smallest absolute Gasteiger partial charge is 0.407 e. The topological polar surface area (TPSA) is 95.9 Å². The average molecular weight is 477 g/mol. The molecule has 0 bridgehead atoms. The highest BCUT2D eigenvalue weighted by Crippen LogP contribution is 2.44. The lowest BCUT2D eigenvalue weighted by Crippen LogP contribution is -2.51. The van der Waals surface area contributed by atoms with Crippen molar-refractivity contribution in [2.75, 3.05) is 13.2 Å². The molecule has 2 aromatic carbocycles. The fourth-order valence-electron chi connectivity index (χ4n) is 6.04. The van der Waals surface area contributed by atoms with Crippen molar-refractivity contribution in [3.8, 4) is 11.1 Å². The van der Waals surface area contributed by atoms with Crippen molar-refractivity contribution in [2.45, 2.75) is 62.9 Å². The molecular formula is C28H32N2O5. The molecule has 7 nitrogen and oxygen atoms in total. The number of fused-ring (bicyclic) bond motifs is 3. The maximum absolute atomic E-state index is 13.2. The minimum Gasteiger partial charge on any atom is -0.480 e. The number of nitrogens with zero attached hydrogens (tertiary/aromatic N) is 1. The second kappa shape index (κ2) is 10.1. The van der Waals surface area contributed by atoms with Crippen LogP contribution in [0.1, 0.15) is 62.0 Å². The molecule has 7 heteroatoms. The summed E-state index contributed by atoms with van der Waals surface area (Å²) >= 11 is 0. The highest BCUT2D eigenvalue weighted by Gasteiger charge is 2.38. The van der Waals surface area contributed by atoms with Gasteiger partial charge in [-0.05, 0) is 60.8 Å². The first kappa shape index (κ1) is 23.4. The second-order valence-electron chi connectivity index (χ2n) is 9.91. The summed E-state index contributed by atoms with van der Waals surface area (Å²) in [6, 6.07) is 15.6. The Balaban J connectivity index is 1.18. The molecule has 1 aliphatic heterocycles. The third kappa shape index (κ3) is 4.77. The van der Waals surface area contributed by atoms with Gasteiger partial charge in [-0.2, -0.15) is 0 Å². The molecule has 184 valence electrons. The molecule has 1 saturated heterocycles. The standard InChI is InChI=1S/C28H32N2O5/c31-26(30-15-6-5-14-25(30)27(32)33)18-8-7-9-19(16-18)29-28(34)35-17-24-22-12-3-1-10-20(22)21-11-2-4-13-23(21)24/h1-4,10-13,18-19,24-25H,5-9,14-17H2,(H,29,34)(H,32,33)/t18?,19?,25-/m0/s1. The van der Waals surface area contributed by atoms with E-state index in [-0.39, 0.29) is 30.4 Å². The third-order valence-electron chi connectivity index (χ3n) is 7.76. The molecule has 0 spiro atoms. The lowest BCUT2D eigenvalue weighted by atomic mass is 9.84. The number of carboxylic acids is 1. The Kier molecular flexibility index (Phi) is 6.75. The number of rotatable bonds is 5. The fourth-order valence-corrected chi connectivity index (χ4v) is 6.04. The van der Waals surface area contributed by atoms with Crippen molar-refractivity contribution >= 4 is 18.0 Å². The zero-order chi connectivity index (χ0) is 24.4. The molecule has 2 aliphatic carbocycles. The number of carbonyl (C=O) groups is 3. The molecule has 3 atom stereocenters. The van der Waals surface area contributed by atoms with Gasteiger partial charge in [0.15, 0.2) is 0 Å². The van der Waals surface area contributed by atoms with E-state index in [4.69, 9.17) is 4.74 Å². The van der Waals surface area contributed by atoms with E-state index in [0.717, 1.165) is 32.1 Å². The quantitative estimate of drug-likeness (QED) is 0.660. The van der Waals surface area contributed by atoms with E-state index in [1.54, 1.807) is 4.90 Å². The van der Waals surface area contributed by atoms with Crippen LogP contribution in [0.3, 0.4) is 0 Å². The van der Waals surface area contributed by atoms with Gasteiger partial charge in [0.2, 0.25) is 5.91 Å². The Labute approximate surface area is 205 Å². The molecule has 2 fully saturated rings. The number of aliphatic carboxylic acids is 1. The van der Waals surface area contributed by atoms with Crippen LogP contribution < -0.4 is 5.32 Å². The van der Waals surface area contributed by atoms with Crippen molar-refractivity contribution in [1.82, 2.24) is 10.2 Å². The number of nitrogens with one attached hydrogen (secondary N) is 1. The van der Waals surface area contributed by atoms with E-state index in [2.05, 4.69) is 29.6 Å². The van der Waals surface area contributed by atoms with Crippen LogP contribution in [0.2, 0.25) is 0 Å². The molecule has 35 heavy (non-hydrogen) atoms. The van der Waals surface area contributed by atoms with E-state index >= 15 is 0 Å². The van der Waals surface area contributed by atoms with Crippen LogP contribution in [0.25, 0.3) is 11.1 Å². The number of hydrogen-bond donors (Lipinski definition) is 2. The largest absolute Gasteiger partial charge is 0.480 e. The summed E-state index contributed by atoms with van der Waals surface area (Å²) in [4.78, 5) is 39.0. The summed E-state index contributed by atoms with van der Waals surface area (Å²) in [5, 5.41) is 12.5. The van der Waals surface area contributed by atoms with Crippen LogP contribution in [0, 0.1) is 5.92 Å². The van der Waals surface area contributed by atoms with Crippen molar-refractivity contribution < 1.29 is 24.2 Å². The summed E-state index contributed by atoms with van der Waals surface area (Å²) in [5.41, 5.74) is 4.70. The van der Waals surface area contributed by atoms with Crippen LogP contribution in [0.4, 0.5) is 4.79 Å². The first-order valence-corrected chi connectivity index (χ1v) is 12.7. The second-order valence-corrected chi connectivity index (χ2v) is 9.91. The summed E-state index contributed by atoms with van der Waals surface area (Å²) in [5.74, 6) is -1.28. The number of carbonyl (C=O) groups excluding carboxylic acids is 2. The molecule has 1 saturated carbocycles. The van der Waals surface area contributed by atoms with Crippen molar-refractivity contribution in [3.05, 3.63) is 59.7 Å². The van der Waals surface area contributed by atoms with Gasteiger partial charge in [0, 0.05) is 24.4 Å². The predicted molar refractivity (Wildman–Crippen MR) is 131 cm³/mol. The molecular weight excluding hydrogens is 444 g/mol. The highest BCUT2D eigenvalue weighted by atomic mass is 16.5. The Morgan fingerprint density at radius 3 is 2.29 bits per heavy atom. The number of benzene rings is 2. The summed E-state index contributed by atoms with van der Waals surface area (Å²) in [7, 11) is 0. The fraction of sp³-hybridized carbons (Fsp3) is 0.464. The Morgan fingerprint density at radius 1 is 0.914 bits per heavy atom. The van der Waals surface area contributed by atoms with Crippen LogP contribution in [-0.2, 0) is 14.3 Å². The van der Waals surface area contributed by atoms with Crippen LogP contribution in [0.5, 0.6) is 0 Å². The lowest BCUT2D eigenvalue weighted by molar-refractivity contribution is -0.154. The van der Waals surface area contributed by atoms with Crippen LogP contribution in [-0.4, -0.2) is 53.2 Å². The van der Waals surface area contributed by atoms with E-state index in [9.17, 15) is 19.5 Å². The van der Waals surface area contributed by atoms with Gasteiger partial charge < -0.3 is 20.1 Å². The highest BCUT2D eigenvalue weighted by molar-refractivity contribution is 5.85. The average Bonchev–Trinajstić information content (AvgIpc) is 3.21. The predicted octanol–water partition coefficient (Wildman–Crippen LogP) is 4.55. The molecule has 0 radical (unpaired) electrons. The van der Waals surface area contributed by atoms with E-state index in [0.29, 0.717) is 19.4 Å². The Bertz CT molecular complexity index is 1070. The number of amides is 2. The summed E-state index contributed by atoms with van der Waals surface area (Å²) < 4.78 is 5.68. The van der Waals surface area contributed by atoms with Crippen molar-refractivity contribution in [2.24, 2.45) is 5.92 Å². The molecule has 5 rings (SSSR count). The van der Waals surface area contributed by atoms with Gasteiger partial charge in [0.25, 0.3) is 0 Å². The van der Waals surface area contributed by atoms with Gasteiger partial charge in [-0.15, -0.1) is 0 Å². The zero-order valence-corrected chi connectivity index (χ0v) is 19.8.